The van der Waals surface area contributed by atoms with Crippen LogP contribution in [0.4, 0.5) is 0 Å². The second-order valence-electron chi connectivity index (χ2n) is 6.24. The van der Waals surface area contributed by atoms with Crippen molar-refractivity contribution in [2.45, 2.75) is 20.0 Å². The second kappa shape index (κ2) is 8.85. The normalized spacial score (nSPS) is 11.6. The first-order chi connectivity index (χ1) is 13.1. The van der Waals surface area contributed by atoms with Gasteiger partial charge in [0.2, 0.25) is 0 Å². The average Bonchev–Trinajstić information content (AvgIpc) is 3.25. The molecule has 0 amide bonds. The molecule has 1 N–H and O–H groups in total. The molecular weight excluding hydrogens is 406 g/mol. The van der Waals surface area contributed by atoms with Crippen molar-refractivity contribution in [2.24, 2.45) is 12.0 Å². The van der Waals surface area contributed by atoms with E-state index in [1.165, 1.54) is 5.69 Å². The summed E-state index contributed by atoms with van der Waals surface area (Å²) in [6, 6.07) is 12.2. The molecule has 0 aliphatic heterocycles. The predicted molar refractivity (Wildman–Crippen MR) is 111 cm³/mol. The van der Waals surface area contributed by atoms with Crippen LogP contribution in [0.3, 0.4) is 0 Å². The zero-order valence-electron chi connectivity index (χ0n) is 15.8. The van der Waals surface area contributed by atoms with Gasteiger partial charge in [-0.1, -0.05) is 18.2 Å². The van der Waals surface area contributed by atoms with Crippen LogP contribution in [0.25, 0.3) is 5.69 Å². The van der Waals surface area contributed by atoms with E-state index in [1.54, 1.807) is 6.33 Å². The van der Waals surface area contributed by atoms with Crippen LogP contribution in [-0.2, 0) is 20.1 Å². The zero-order chi connectivity index (χ0) is 19.2. The van der Waals surface area contributed by atoms with Gasteiger partial charge in [-0.2, -0.15) is 0 Å². The van der Waals surface area contributed by atoms with Gasteiger partial charge in [0, 0.05) is 42.7 Å². The van der Waals surface area contributed by atoms with Crippen molar-refractivity contribution in [3.63, 3.8) is 0 Å². The summed E-state index contributed by atoms with van der Waals surface area (Å²) in [5.74, 6) is 1.63. The van der Waals surface area contributed by atoms with E-state index >= 15 is 0 Å². The molecule has 142 valence electrons. The third kappa shape index (κ3) is 4.77. The Morgan fingerprint density at radius 3 is 2.74 bits per heavy atom. The molecule has 2 heterocycles. The number of rotatable bonds is 6. The molecule has 8 heteroatoms. The van der Waals surface area contributed by atoms with Crippen LogP contribution in [0.15, 0.2) is 58.4 Å². The minimum atomic E-state index is 0.443. The number of hydrogen-bond acceptors (Lipinski definition) is 3. The summed E-state index contributed by atoms with van der Waals surface area (Å²) in [4.78, 5) is 6.87. The molecule has 0 unspecified atom stereocenters. The number of aryl methyl sites for hydroxylation is 1. The van der Waals surface area contributed by atoms with E-state index in [0.717, 1.165) is 35.0 Å². The van der Waals surface area contributed by atoms with E-state index in [9.17, 15) is 0 Å². The fourth-order valence-electron chi connectivity index (χ4n) is 2.83. The number of aliphatic imine (C=N–C) groups is 1. The highest BCUT2D eigenvalue weighted by atomic mass is 79.9. The Morgan fingerprint density at radius 2 is 2.07 bits per heavy atom. The first kappa shape index (κ1) is 19.2. The number of guanidine groups is 1. The quantitative estimate of drug-likeness (QED) is 0.483. The van der Waals surface area contributed by atoms with Crippen LogP contribution in [0.1, 0.15) is 18.4 Å². The lowest BCUT2D eigenvalue weighted by Gasteiger charge is -2.22. The molecule has 0 saturated carbocycles. The summed E-state index contributed by atoms with van der Waals surface area (Å²) in [7, 11) is 4.07. The van der Waals surface area contributed by atoms with E-state index < -0.39 is 0 Å². The van der Waals surface area contributed by atoms with Gasteiger partial charge in [-0.25, -0.2) is 4.99 Å². The van der Waals surface area contributed by atoms with Crippen molar-refractivity contribution in [1.29, 1.82) is 0 Å². The van der Waals surface area contributed by atoms with Crippen LogP contribution < -0.4 is 5.32 Å². The second-order valence-corrected chi connectivity index (χ2v) is 7.16. The Morgan fingerprint density at radius 1 is 1.30 bits per heavy atom. The molecule has 0 saturated heterocycles. The molecule has 2 aromatic heterocycles. The first-order valence-corrected chi connectivity index (χ1v) is 9.62. The lowest BCUT2D eigenvalue weighted by atomic mass is 10.3. The lowest BCUT2D eigenvalue weighted by molar-refractivity contribution is 0.461. The molecule has 7 nitrogen and oxygen atoms in total. The largest absolute Gasteiger partial charge is 0.357 e. The van der Waals surface area contributed by atoms with Crippen LogP contribution in [-0.4, -0.2) is 43.8 Å². The number of nitrogens with one attached hydrogen (secondary N) is 1. The molecule has 0 radical (unpaired) electrons. The molecule has 0 bridgehead atoms. The summed E-state index contributed by atoms with van der Waals surface area (Å²) in [5, 5.41) is 11.6. The van der Waals surface area contributed by atoms with Crippen LogP contribution in [0.5, 0.6) is 0 Å². The predicted octanol–water partition coefficient (Wildman–Crippen LogP) is 2.97. The maximum absolute atomic E-state index is 4.76. The van der Waals surface area contributed by atoms with Crippen molar-refractivity contribution in [3.05, 3.63) is 64.9 Å². The van der Waals surface area contributed by atoms with Crippen molar-refractivity contribution < 1.29 is 0 Å². The van der Waals surface area contributed by atoms with E-state index in [1.807, 2.05) is 49.0 Å². The number of nitrogens with zero attached hydrogens (tertiary/aromatic N) is 6. The molecule has 0 atom stereocenters. The van der Waals surface area contributed by atoms with E-state index in [0.29, 0.717) is 6.54 Å². The molecular formula is C19H24BrN7. The SMILES string of the molecule is CCNC(=NCc1nncn1-c1ccccc1)N(C)Cc1cc(Br)cn1C. The van der Waals surface area contributed by atoms with Crippen molar-refractivity contribution in [2.75, 3.05) is 13.6 Å². The summed E-state index contributed by atoms with van der Waals surface area (Å²) >= 11 is 3.52. The zero-order valence-corrected chi connectivity index (χ0v) is 17.4. The lowest BCUT2D eigenvalue weighted by Crippen LogP contribution is -2.38. The van der Waals surface area contributed by atoms with Crippen molar-refractivity contribution in [1.82, 2.24) is 29.5 Å². The van der Waals surface area contributed by atoms with Gasteiger partial charge in [-0.3, -0.25) is 4.57 Å². The molecule has 0 spiro atoms. The molecule has 0 aliphatic rings. The number of hydrogen-bond donors (Lipinski definition) is 1. The van der Waals surface area contributed by atoms with Gasteiger partial charge < -0.3 is 14.8 Å². The third-order valence-electron chi connectivity index (χ3n) is 4.19. The highest BCUT2D eigenvalue weighted by molar-refractivity contribution is 9.10. The minimum Gasteiger partial charge on any atom is -0.357 e. The molecule has 3 rings (SSSR count). The van der Waals surface area contributed by atoms with Gasteiger partial charge in [0.25, 0.3) is 0 Å². The monoisotopic (exact) mass is 429 g/mol. The van der Waals surface area contributed by atoms with Gasteiger partial charge in [-0.15, -0.1) is 10.2 Å². The van der Waals surface area contributed by atoms with Gasteiger partial charge >= 0.3 is 0 Å². The maximum Gasteiger partial charge on any atom is 0.194 e. The van der Waals surface area contributed by atoms with Gasteiger partial charge in [-0.05, 0) is 41.1 Å². The summed E-state index contributed by atoms with van der Waals surface area (Å²) in [6.07, 6.45) is 3.77. The highest BCUT2D eigenvalue weighted by Crippen LogP contribution is 2.15. The minimum absolute atomic E-state index is 0.443. The molecule has 0 aliphatic carbocycles. The first-order valence-electron chi connectivity index (χ1n) is 8.83. The van der Waals surface area contributed by atoms with Crippen molar-refractivity contribution in [3.8, 4) is 5.69 Å². The van der Waals surface area contributed by atoms with Gasteiger partial charge in [0.05, 0.1) is 6.54 Å². The fourth-order valence-corrected chi connectivity index (χ4v) is 3.40. The number of para-hydroxylation sites is 1. The molecule has 3 aromatic rings. The Hall–Kier alpha value is -2.61. The van der Waals surface area contributed by atoms with Crippen LogP contribution in [0, 0.1) is 0 Å². The van der Waals surface area contributed by atoms with E-state index in [4.69, 9.17) is 4.99 Å². The molecule has 1 aromatic carbocycles. The Bertz CT molecular complexity index is 898. The van der Waals surface area contributed by atoms with E-state index in [2.05, 4.69) is 60.1 Å². The van der Waals surface area contributed by atoms with Crippen LogP contribution in [0.2, 0.25) is 0 Å². The molecule has 0 fully saturated rings. The number of halogens is 1. The van der Waals surface area contributed by atoms with Crippen molar-refractivity contribution >= 4 is 21.9 Å². The number of benzene rings is 1. The van der Waals surface area contributed by atoms with Gasteiger partial charge in [0.15, 0.2) is 11.8 Å². The fraction of sp³-hybridized carbons (Fsp3) is 0.316. The topological polar surface area (TPSA) is 63.3 Å². The van der Waals surface area contributed by atoms with E-state index in [-0.39, 0.29) is 0 Å². The Kier molecular flexibility index (Phi) is 6.28. The Balaban J connectivity index is 1.76. The van der Waals surface area contributed by atoms with Crippen LogP contribution >= 0.6 is 15.9 Å². The number of aromatic nitrogens is 4. The standard InChI is InChI=1S/C19H24BrN7/c1-4-21-19(26(3)13-17-10-15(20)12-25(17)2)22-11-18-24-23-14-27(18)16-8-6-5-7-9-16/h5-10,12,14H,4,11,13H2,1-3H3,(H,21,22). The third-order valence-corrected chi connectivity index (χ3v) is 4.63. The maximum atomic E-state index is 4.76. The highest BCUT2D eigenvalue weighted by Gasteiger charge is 2.11. The Labute approximate surface area is 167 Å². The molecule has 27 heavy (non-hydrogen) atoms. The summed E-state index contributed by atoms with van der Waals surface area (Å²) in [5.41, 5.74) is 2.22. The summed E-state index contributed by atoms with van der Waals surface area (Å²) < 4.78 is 5.14. The summed E-state index contributed by atoms with van der Waals surface area (Å²) in [6.45, 7) is 4.05. The van der Waals surface area contributed by atoms with Gasteiger partial charge in [0.1, 0.15) is 12.9 Å². The smallest absolute Gasteiger partial charge is 0.194 e. The average molecular weight is 430 g/mol.